The molecule has 0 spiro atoms. The summed E-state index contributed by atoms with van der Waals surface area (Å²) in [6, 6.07) is 0.331. The second-order valence-electron chi connectivity index (χ2n) is 3.47. The van der Waals surface area contributed by atoms with Gasteiger partial charge in [0.25, 0.3) is 0 Å². The average molecular weight is 225 g/mol. The zero-order valence-corrected chi connectivity index (χ0v) is 10.3. The van der Waals surface area contributed by atoms with Gasteiger partial charge in [-0.1, -0.05) is 13.3 Å². The van der Waals surface area contributed by atoms with Crippen molar-refractivity contribution >= 4 is 11.9 Å². The van der Waals surface area contributed by atoms with Gasteiger partial charge in [0.15, 0.2) is 0 Å². The van der Waals surface area contributed by atoms with Crippen molar-refractivity contribution in [3.05, 3.63) is 0 Å². The summed E-state index contributed by atoms with van der Waals surface area (Å²) >= 11 is 0. The average Bonchev–Trinajstić information content (AvgIpc) is 2.35. The largest absolute Gasteiger partial charge is 0.467 e. The summed E-state index contributed by atoms with van der Waals surface area (Å²) < 4.78 is 5.02. The van der Waals surface area contributed by atoms with Gasteiger partial charge in [0.1, 0.15) is 0 Å². The molecular formula is C10H19N5O. The number of nitrogens with zero attached hydrogens (tertiary/aromatic N) is 4. The summed E-state index contributed by atoms with van der Waals surface area (Å²) in [4.78, 5) is 14.5. The molecule has 0 aliphatic heterocycles. The molecule has 1 aromatic rings. The molecule has 6 heteroatoms. The maximum atomic E-state index is 5.02. The Morgan fingerprint density at radius 3 is 2.62 bits per heavy atom. The van der Waals surface area contributed by atoms with E-state index in [0.29, 0.717) is 17.9 Å². The Hall–Kier alpha value is -1.59. The first-order chi connectivity index (χ1) is 7.71. The van der Waals surface area contributed by atoms with Gasteiger partial charge in [0, 0.05) is 20.6 Å². The molecule has 0 aliphatic rings. The molecule has 0 aromatic carbocycles. The van der Waals surface area contributed by atoms with E-state index >= 15 is 0 Å². The molecule has 90 valence electrons. The van der Waals surface area contributed by atoms with E-state index < -0.39 is 0 Å². The van der Waals surface area contributed by atoms with Crippen LogP contribution in [0.4, 0.5) is 11.9 Å². The van der Waals surface area contributed by atoms with Crippen LogP contribution in [0.1, 0.15) is 19.8 Å². The summed E-state index contributed by atoms with van der Waals surface area (Å²) in [5, 5.41) is 2.88. The monoisotopic (exact) mass is 225 g/mol. The van der Waals surface area contributed by atoms with E-state index in [2.05, 4.69) is 27.2 Å². The van der Waals surface area contributed by atoms with Gasteiger partial charge in [-0.05, 0) is 6.42 Å². The van der Waals surface area contributed by atoms with Crippen molar-refractivity contribution in [2.45, 2.75) is 19.8 Å². The lowest BCUT2D eigenvalue weighted by Crippen LogP contribution is -2.22. The van der Waals surface area contributed by atoms with E-state index in [1.807, 2.05) is 11.9 Å². The summed E-state index contributed by atoms with van der Waals surface area (Å²) in [5.41, 5.74) is 0. The molecule has 1 aromatic heterocycles. The molecule has 0 amide bonds. The molecular weight excluding hydrogens is 206 g/mol. The molecule has 1 N–H and O–H groups in total. The van der Waals surface area contributed by atoms with Crippen molar-refractivity contribution in [1.82, 2.24) is 15.0 Å². The number of rotatable bonds is 6. The van der Waals surface area contributed by atoms with E-state index in [0.717, 1.165) is 19.4 Å². The van der Waals surface area contributed by atoms with E-state index in [-0.39, 0.29) is 0 Å². The summed E-state index contributed by atoms with van der Waals surface area (Å²) in [6.45, 7) is 3.08. The lowest BCUT2D eigenvalue weighted by molar-refractivity contribution is 0.379. The minimum atomic E-state index is 0.331. The smallest absolute Gasteiger partial charge is 0.322 e. The van der Waals surface area contributed by atoms with Gasteiger partial charge in [0.05, 0.1) is 7.11 Å². The van der Waals surface area contributed by atoms with Gasteiger partial charge in [-0.25, -0.2) is 0 Å². The lowest BCUT2D eigenvalue weighted by atomic mass is 10.3. The molecule has 0 radical (unpaired) electrons. The number of unbranched alkanes of at least 4 members (excludes halogenated alkanes) is 1. The minimum absolute atomic E-state index is 0.331. The molecule has 0 saturated heterocycles. The molecule has 1 heterocycles. The lowest BCUT2D eigenvalue weighted by Gasteiger charge is -2.17. The number of ether oxygens (including phenoxy) is 1. The fraction of sp³-hybridized carbons (Fsp3) is 0.700. The number of hydrogen-bond acceptors (Lipinski definition) is 6. The molecule has 0 unspecified atom stereocenters. The van der Waals surface area contributed by atoms with Crippen LogP contribution < -0.4 is 15.0 Å². The number of anilines is 2. The Bertz CT molecular complexity index is 309. The van der Waals surface area contributed by atoms with Crippen LogP contribution in [0, 0.1) is 0 Å². The molecule has 0 saturated carbocycles. The van der Waals surface area contributed by atoms with E-state index in [4.69, 9.17) is 4.74 Å². The summed E-state index contributed by atoms with van der Waals surface area (Å²) in [6.07, 6.45) is 2.25. The third-order valence-corrected chi connectivity index (χ3v) is 2.20. The zero-order chi connectivity index (χ0) is 12.0. The Morgan fingerprint density at radius 1 is 1.31 bits per heavy atom. The van der Waals surface area contributed by atoms with Crippen LogP contribution in [0.3, 0.4) is 0 Å². The highest BCUT2D eigenvalue weighted by Crippen LogP contribution is 2.13. The van der Waals surface area contributed by atoms with Crippen LogP contribution in [0.25, 0.3) is 0 Å². The van der Waals surface area contributed by atoms with E-state index in [9.17, 15) is 0 Å². The first kappa shape index (κ1) is 12.5. The predicted octanol–water partition coefficient (Wildman–Crippen LogP) is 1.16. The Kier molecular flexibility index (Phi) is 4.75. The van der Waals surface area contributed by atoms with Crippen LogP contribution in [0.5, 0.6) is 6.01 Å². The van der Waals surface area contributed by atoms with Gasteiger partial charge in [-0.15, -0.1) is 0 Å². The third-order valence-electron chi connectivity index (χ3n) is 2.20. The van der Waals surface area contributed by atoms with E-state index in [1.165, 1.54) is 0 Å². The molecule has 0 atom stereocenters. The SMILES string of the molecule is CCCCN(C)c1nc(NC)nc(OC)n1. The Balaban J connectivity index is 2.85. The molecule has 16 heavy (non-hydrogen) atoms. The normalized spacial score (nSPS) is 10.0. The van der Waals surface area contributed by atoms with Gasteiger partial charge >= 0.3 is 6.01 Å². The molecule has 6 nitrogen and oxygen atoms in total. The maximum Gasteiger partial charge on any atom is 0.322 e. The first-order valence-corrected chi connectivity index (χ1v) is 5.40. The van der Waals surface area contributed by atoms with Gasteiger partial charge < -0.3 is 15.0 Å². The number of aromatic nitrogens is 3. The van der Waals surface area contributed by atoms with Crippen LogP contribution in [0.2, 0.25) is 0 Å². The highest BCUT2D eigenvalue weighted by molar-refractivity contribution is 5.37. The van der Waals surface area contributed by atoms with Crippen LogP contribution in [-0.4, -0.2) is 42.7 Å². The molecule has 0 fully saturated rings. The molecule has 0 aliphatic carbocycles. The zero-order valence-electron chi connectivity index (χ0n) is 10.3. The quantitative estimate of drug-likeness (QED) is 0.783. The number of nitrogens with one attached hydrogen (secondary N) is 1. The Labute approximate surface area is 96.1 Å². The van der Waals surface area contributed by atoms with Crippen molar-refractivity contribution < 1.29 is 4.74 Å². The van der Waals surface area contributed by atoms with Crippen LogP contribution in [-0.2, 0) is 0 Å². The van der Waals surface area contributed by atoms with Gasteiger partial charge in [-0.3, -0.25) is 0 Å². The molecule has 1 rings (SSSR count). The van der Waals surface area contributed by atoms with Crippen molar-refractivity contribution in [3.8, 4) is 6.01 Å². The van der Waals surface area contributed by atoms with Gasteiger partial charge in [-0.2, -0.15) is 15.0 Å². The fourth-order valence-corrected chi connectivity index (χ4v) is 1.21. The van der Waals surface area contributed by atoms with Crippen molar-refractivity contribution in [3.63, 3.8) is 0 Å². The number of hydrogen-bond donors (Lipinski definition) is 1. The van der Waals surface area contributed by atoms with Gasteiger partial charge in [0.2, 0.25) is 11.9 Å². The Morgan fingerprint density at radius 2 is 2.06 bits per heavy atom. The van der Waals surface area contributed by atoms with Crippen molar-refractivity contribution in [2.75, 3.05) is 38.0 Å². The minimum Gasteiger partial charge on any atom is -0.467 e. The van der Waals surface area contributed by atoms with Crippen LogP contribution in [0.15, 0.2) is 0 Å². The summed E-state index contributed by atoms with van der Waals surface area (Å²) in [5.74, 6) is 1.15. The third kappa shape index (κ3) is 3.22. The second kappa shape index (κ2) is 6.09. The van der Waals surface area contributed by atoms with Crippen molar-refractivity contribution in [2.24, 2.45) is 0 Å². The number of methoxy groups -OCH3 is 1. The second-order valence-corrected chi connectivity index (χ2v) is 3.47. The molecule has 0 bridgehead atoms. The summed E-state index contributed by atoms with van der Waals surface area (Å²) in [7, 11) is 5.28. The van der Waals surface area contributed by atoms with Crippen molar-refractivity contribution in [1.29, 1.82) is 0 Å². The van der Waals surface area contributed by atoms with E-state index in [1.54, 1.807) is 14.2 Å². The van der Waals surface area contributed by atoms with Crippen LogP contribution >= 0.6 is 0 Å². The standard InChI is InChI=1S/C10H19N5O/c1-5-6-7-15(3)9-12-8(11-2)13-10(14-9)16-4/h5-7H2,1-4H3,(H,11,12,13,14). The first-order valence-electron chi connectivity index (χ1n) is 5.40. The predicted molar refractivity (Wildman–Crippen MR) is 64.1 cm³/mol. The topological polar surface area (TPSA) is 63.2 Å². The highest BCUT2D eigenvalue weighted by Gasteiger charge is 2.09. The fourth-order valence-electron chi connectivity index (χ4n) is 1.21. The maximum absolute atomic E-state index is 5.02. The highest BCUT2D eigenvalue weighted by atomic mass is 16.5.